The van der Waals surface area contributed by atoms with Crippen molar-refractivity contribution in [1.82, 2.24) is 19.4 Å². The molecule has 0 unspecified atom stereocenters. The van der Waals surface area contributed by atoms with E-state index in [1.54, 1.807) is 31.4 Å². The van der Waals surface area contributed by atoms with Crippen LogP contribution >= 0.6 is 22.7 Å². The number of carbonyl (C=O) groups excluding carboxylic acids is 2. The van der Waals surface area contributed by atoms with Gasteiger partial charge in [0.15, 0.2) is 10.8 Å². The molecule has 4 aromatic heterocycles. The fourth-order valence-corrected chi connectivity index (χ4v) is 4.23. The lowest BCUT2D eigenvalue weighted by atomic mass is 10.3. The number of rotatable bonds is 4. The summed E-state index contributed by atoms with van der Waals surface area (Å²) in [6.45, 7) is 1.65. The maximum Gasteiger partial charge on any atom is 0.264 e. The van der Waals surface area contributed by atoms with Gasteiger partial charge in [-0.1, -0.05) is 5.16 Å². The van der Waals surface area contributed by atoms with Crippen LogP contribution < -0.4 is 5.32 Å². The lowest BCUT2D eigenvalue weighted by Gasteiger charge is -2.15. The van der Waals surface area contributed by atoms with E-state index in [4.69, 9.17) is 4.52 Å². The SMILES string of the molecule is Cc1cc(NC(=O)CN(C)C(=O)c2cc3c(nc4sccn43)s2)no1. The van der Waals surface area contributed by atoms with E-state index in [1.807, 2.05) is 22.0 Å². The number of aryl methyl sites for hydroxylation is 1. The van der Waals surface area contributed by atoms with Gasteiger partial charge in [-0.2, -0.15) is 0 Å². The molecule has 25 heavy (non-hydrogen) atoms. The van der Waals surface area contributed by atoms with Gasteiger partial charge in [-0.05, 0) is 13.0 Å². The molecule has 128 valence electrons. The standard InChI is InChI=1S/C15H13N5O3S2/c1-8-5-11(18-23-8)16-12(21)7-19(2)14(22)10-6-9-13(25-10)17-15-20(9)3-4-24-15/h3-6H,7H2,1-2H3,(H,16,18,21). The molecule has 0 aliphatic rings. The Labute approximate surface area is 149 Å². The maximum atomic E-state index is 12.6. The quantitative estimate of drug-likeness (QED) is 0.592. The lowest BCUT2D eigenvalue weighted by Crippen LogP contribution is -2.34. The minimum absolute atomic E-state index is 0.0820. The van der Waals surface area contributed by atoms with E-state index in [9.17, 15) is 9.59 Å². The Bertz CT molecular complexity index is 1090. The molecule has 10 heteroatoms. The van der Waals surface area contributed by atoms with Crippen molar-refractivity contribution in [2.24, 2.45) is 0 Å². The van der Waals surface area contributed by atoms with Crippen molar-refractivity contribution in [1.29, 1.82) is 0 Å². The summed E-state index contributed by atoms with van der Waals surface area (Å²) in [6.07, 6.45) is 1.92. The molecule has 0 spiro atoms. The van der Waals surface area contributed by atoms with Gasteiger partial charge >= 0.3 is 0 Å². The molecule has 0 saturated carbocycles. The molecule has 0 saturated heterocycles. The number of carbonyl (C=O) groups is 2. The van der Waals surface area contributed by atoms with Gasteiger partial charge in [0.05, 0.1) is 16.9 Å². The Balaban J connectivity index is 1.47. The highest BCUT2D eigenvalue weighted by Crippen LogP contribution is 2.28. The van der Waals surface area contributed by atoms with E-state index in [2.05, 4.69) is 15.5 Å². The second kappa shape index (κ2) is 5.97. The third-order valence-corrected chi connectivity index (χ3v) is 5.34. The molecule has 4 heterocycles. The summed E-state index contributed by atoms with van der Waals surface area (Å²) in [6, 6.07) is 3.42. The van der Waals surface area contributed by atoms with Crippen LogP contribution in [-0.4, -0.2) is 44.8 Å². The van der Waals surface area contributed by atoms with Crippen molar-refractivity contribution < 1.29 is 14.1 Å². The number of nitrogens with zero attached hydrogens (tertiary/aromatic N) is 4. The number of amides is 2. The molecule has 0 aliphatic heterocycles. The minimum Gasteiger partial charge on any atom is -0.360 e. The van der Waals surface area contributed by atoms with Crippen LogP contribution in [0.4, 0.5) is 5.82 Å². The van der Waals surface area contributed by atoms with Crippen LogP contribution in [0.15, 0.2) is 28.2 Å². The molecule has 8 nitrogen and oxygen atoms in total. The van der Waals surface area contributed by atoms with Crippen LogP contribution in [0.5, 0.6) is 0 Å². The van der Waals surface area contributed by atoms with E-state index in [0.717, 1.165) is 15.3 Å². The second-order valence-corrected chi connectivity index (χ2v) is 7.40. The summed E-state index contributed by atoms with van der Waals surface area (Å²) >= 11 is 2.87. The number of thiophene rings is 1. The number of likely N-dealkylation sites (N-methyl/N-ethyl adjacent to an activating group) is 1. The van der Waals surface area contributed by atoms with Gasteiger partial charge in [0.25, 0.3) is 5.91 Å². The summed E-state index contributed by atoms with van der Waals surface area (Å²) in [5, 5.41) is 8.23. The number of hydrogen-bond acceptors (Lipinski definition) is 7. The zero-order chi connectivity index (χ0) is 17.6. The Morgan fingerprint density at radius 3 is 3.00 bits per heavy atom. The molecular formula is C15H13N5O3S2. The molecule has 0 aliphatic carbocycles. The summed E-state index contributed by atoms with van der Waals surface area (Å²) in [5.74, 6) is 0.367. The van der Waals surface area contributed by atoms with Crippen LogP contribution in [0.2, 0.25) is 0 Å². The number of aromatic nitrogens is 3. The summed E-state index contributed by atoms with van der Waals surface area (Å²) < 4.78 is 6.84. The third-order valence-electron chi connectivity index (χ3n) is 3.57. The van der Waals surface area contributed by atoms with Crippen LogP contribution in [0.3, 0.4) is 0 Å². The molecule has 0 aromatic carbocycles. The first kappa shape index (κ1) is 15.8. The average Bonchev–Trinajstić information content (AvgIpc) is 3.28. The molecule has 0 bridgehead atoms. The first-order chi connectivity index (χ1) is 12.0. The van der Waals surface area contributed by atoms with Gasteiger partial charge in [0, 0.05) is 24.7 Å². The predicted octanol–water partition coefficient (Wildman–Crippen LogP) is 2.62. The second-order valence-electron chi connectivity index (χ2n) is 5.50. The number of nitrogens with one attached hydrogen (secondary N) is 1. The molecule has 4 aromatic rings. The summed E-state index contributed by atoms with van der Waals surface area (Å²) in [5.41, 5.74) is 0.903. The minimum atomic E-state index is -0.340. The van der Waals surface area contributed by atoms with Crippen molar-refractivity contribution >= 4 is 55.6 Å². The highest BCUT2D eigenvalue weighted by Gasteiger charge is 2.20. The van der Waals surface area contributed by atoms with Crippen molar-refractivity contribution in [2.75, 3.05) is 18.9 Å². The van der Waals surface area contributed by atoms with E-state index in [0.29, 0.717) is 16.5 Å². The molecule has 0 fully saturated rings. The molecular weight excluding hydrogens is 362 g/mol. The van der Waals surface area contributed by atoms with E-state index in [-0.39, 0.29) is 18.4 Å². The Hall–Kier alpha value is -2.72. The fourth-order valence-electron chi connectivity index (χ4n) is 2.44. The average molecular weight is 375 g/mol. The molecule has 0 radical (unpaired) electrons. The number of anilines is 1. The van der Waals surface area contributed by atoms with Gasteiger partial charge < -0.3 is 14.7 Å². The van der Waals surface area contributed by atoms with E-state index in [1.165, 1.54) is 16.2 Å². The number of imidazole rings is 1. The zero-order valence-corrected chi connectivity index (χ0v) is 15.0. The van der Waals surface area contributed by atoms with Crippen LogP contribution in [0.1, 0.15) is 15.4 Å². The topological polar surface area (TPSA) is 92.7 Å². The van der Waals surface area contributed by atoms with Gasteiger partial charge in [-0.15, -0.1) is 22.7 Å². The van der Waals surface area contributed by atoms with Crippen molar-refractivity contribution in [3.63, 3.8) is 0 Å². The van der Waals surface area contributed by atoms with Gasteiger partial charge in [0.1, 0.15) is 10.6 Å². The maximum absolute atomic E-state index is 12.6. The largest absolute Gasteiger partial charge is 0.360 e. The lowest BCUT2D eigenvalue weighted by molar-refractivity contribution is -0.116. The smallest absolute Gasteiger partial charge is 0.264 e. The Kier molecular flexibility index (Phi) is 3.77. The predicted molar refractivity (Wildman–Crippen MR) is 95.3 cm³/mol. The summed E-state index contributed by atoms with van der Waals surface area (Å²) in [7, 11) is 1.58. The Morgan fingerprint density at radius 2 is 2.24 bits per heavy atom. The first-order valence-corrected chi connectivity index (χ1v) is 9.04. The third kappa shape index (κ3) is 2.89. The number of fused-ring (bicyclic) bond motifs is 3. The normalized spacial score (nSPS) is 11.3. The first-order valence-electron chi connectivity index (χ1n) is 7.35. The van der Waals surface area contributed by atoms with Gasteiger partial charge in [0.2, 0.25) is 5.91 Å². The van der Waals surface area contributed by atoms with E-state index < -0.39 is 0 Å². The number of thiazole rings is 1. The van der Waals surface area contributed by atoms with Gasteiger partial charge in [-0.25, -0.2) is 4.98 Å². The number of hydrogen-bond donors (Lipinski definition) is 1. The zero-order valence-electron chi connectivity index (χ0n) is 13.3. The fraction of sp³-hybridized carbons (Fsp3) is 0.200. The monoisotopic (exact) mass is 375 g/mol. The van der Waals surface area contributed by atoms with Crippen molar-refractivity contribution in [2.45, 2.75) is 6.92 Å². The van der Waals surface area contributed by atoms with Crippen molar-refractivity contribution in [3.05, 3.63) is 34.3 Å². The van der Waals surface area contributed by atoms with E-state index >= 15 is 0 Å². The molecule has 4 rings (SSSR count). The molecule has 1 N–H and O–H groups in total. The molecule has 2 amide bonds. The highest BCUT2D eigenvalue weighted by molar-refractivity contribution is 7.21. The molecule has 0 atom stereocenters. The van der Waals surface area contributed by atoms with Crippen molar-refractivity contribution in [3.8, 4) is 0 Å². The Morgan fingerprint density at radius 1 is 1.40 bits per heavy atom. The van der Waals surface area contributed by atoms with Crippen LogP contribution in [0.25, 0.3) is 15.3 Å². The van der Waals surface area contributed by atoms with Crippen LogP contribution in [-0.2, 0) is 4.79 Å². The summed E-state index contributed by atoms with van der Waals surface area (Å²) in [4.78, 5) is 32.7. The van der Waals surface area contributed by atoms with Gasteiger partial charge in [-0.3, -0.25) is 14.0 Å². The highest BCUT2D eigenvalue weighted by atomic mass is 32.1. The van der Waals surface area contributed by atoms with Crippen LogP contribution in [0, 0.1) is 6.92 Å².